The molecule has 2 aromatic heterocycles. The molecule has 2 heterocycles. The zero-order valence-electron chi connectivity index (χ0n) is 19.2. The largest absolute Gasteiger partial charge is 0.493 e. The summed E-state index contributed by atoms with van der Waals surface area (Å²) >= 11 is 0. The second kappa shape index (κ2) is 9.39. The first kappa shape index (κ1) is 21.7. The Morgan fingerprint density at radius 3 is 2.71 bits per heavy atom. The smallest absolute Gasteiger partial charge is 0.339 e. The van der Waals surface area contributed by atoms with Gasteiger partial charge in [-0.2, -0.15) is 5.10 Å². The zero-order chi connectivity index (χ0) is 23.5. The van der Waals surface area contributed by atoms with Crippen LogP contribution in [-0.2, 0) is 17.7 Å². The Morgan fingerprint density at radius 2 is 1.91 bits per heavy atom. The molecule has 5 rings (SSSR count). The van der Waals surface area contributed by atoms with Crippen molar-refractivity contribution >= 4 is 28.5 Å². The summed E-state index contributed by atoms with van der Waals surface area (Å²) in [4.78, 5) is 18.2. The average Bonchev–Trinajstić information content (AvgIpc) is 3.52. The van der Waals surface area contributed by atoms with Crippen molar-refractivity contribution in [3.05, 3.63) is 83.3 Å². The number of carbonyl (C=O) groups is 1. The number of allylic oxidation sites excluding steroid dienone is 1. The summed E-state index contributed by atoms with van der Waals surface area (Å²) in [5, 5.41) is 4.98. The van der Waals surface area contributed by atoms with Crippen molar-refractivity contribution in [2.75, 3.05) is 20.8 Å². The van der Waals surface area contributed by atoms with E-state index in [2.05, 4.69) is 11.2 Å². The van der Waals surface area contributed by atoms with Gasteiger partial charge in [0.25, 0.3) is 0 Å². The number of benzene rings is 2. The molecular formula is C27H25N3O4. The van der Waals surface area contributed by atoms with Gasteiger partial charge in [-0.15, -0.1) is 0 Å². The van der Waals surface area contributed by atoms with Crippen molar-refractivity contribution in [2.45, 2.75) is 19.4 Å². The third-order valence-electron chi connectivity index (χ3n) is 6.01. The summed E-state index contributed by atoms with van der Waals surface area (Å²) in [6.07, 6.45) is 7.18. The standard InChI is InChI=1S/C27H25N3O4/c1-32-23-11-8-18(17-24(23)33-2)16-19-9-10-21-25(20-6-3-4-7-22(20)29-26(19)21)27(31)34-15-14-30-13-5-12-28-30/h3-8,11-13,16-17H,9-10,14-15H2,1-2H3/b19-16-. The van der Waals surface area contributed by atoms with Crippen LogP contribution in [0.25, 0.3) is 22.6 Å². The maximum Gasteiger partial charge on any atom is 0.339 e. The molecule has 7 nitrogen and oxygen atoms in total. The highest BCUT2D eigenvalue weighted by Gasteiger charge is 2.27. The van der Waals surface area contributed by atoms with Crippen molar-refractivity contribution in [2.24, 2.45) is 0 Å². The van der Waals surface area contributed by atoms with Crippen LogP contribution in [0.3, 0.4) is 0 Å². The fourth-order valence-corrected chi connectivity index (χ4v) is 4.39. The zero-order valence-corrected chi connectivity index (χ0v) is 19.2. The number of hydrogen-bond donors (Lipinski definition) is 0. The van der Waals surface area contributed by atoms with Gasteiger partial charge in [0.2, 0.25) is 0 Å². The number of pyridine rings is 1. The molecule has 1 aliphatic carbocycles. The minimum Gasteiger partial charge on any atom is -0.493 e. The van der Waals surface area contributed by atoms with Gasteiger partial charge in [-0.3, -0.25) is 4.68 Å². The maximum atomic E-state index is 13.2. The van der Waals surface area contributed by atoms with Crippen LogP contribution < -0.4 is 9.47 Å². The van der Waals surface area contributed by atoms with E-state index in [9.17, 15) is 4.79 Å². The number of para-hydroxylation sites is 1. The molecule has 0 saturated heterocycles. The highest BCUT2D eigenvalue weighted by Crippen LogP contribution is 2.38. The Morgan fingerprint density at radius 1 is 1.06 bits per heavy atom. The Bertz CT molecular complexity index is 1380. The van der Waals surface area contributed by atoms with Gasteiger partial charge in [0.15, 0.2) is 11.5 Å². The highest BCUT2D eigenvalue weighted by atomic mass is 16.5. The van der Waals surface area contributed by atoms with Crippen LogP contribution in [0.4, 0.5) is 0 Å². The Hall–Kier alpha value is -4.13. The molecule has 172 valence electrons. The summed E-state index contributed by atoms with van der Waals surface area (Å²) in [5.74, 6) is 1.03. The van der Waals surface area contributed by atoms with Gasteiger partial charge in [0, 0.05) is 17.8 Å². The van der Waals surface area contributed by atoms with Gasteiger partial charge < -0.3 is 14.2 Å². The average molecular weight is 456 g/mol. The Kier molecular flexibility index (Phi) is 5.99. The number of carbonyl (C=O) groups excluding carboxylic acids is 1. The van der Waals surface area contributed by atoms with Crippen LogP contribution in [0.1, 0.15) is 33.6 Å². The summed E-state index contributed by atoms with van der Waals surface area (Å²) in [7, 11) is 3.24. The van der Waals surface area contributed by atoms with E-state index in [1.165, 1.54) is 0 Å². The highest BCUT2D eigenvalue weighted by molar-refractivity contribution is 6.07. The summed E-state index contributed by atoms with van der Waals surface area (Å²) in [6, 6.07) is 15.4. The monoisotopic (exact) mass is 455 g/mol. The second-order valence-electron chi connectivity index (χ2n) is 8.02. The molecule has 0 saturated carbocycles. The molecule has 0 fully saturated rings. The molecule has 0 unspecified atom stereocenters. The van der Waals surface area contributed by atoms with Gasteiger partial charge in [-0.1, -0.05) is 24.3 Å². The fraction of sp³-hybridized carbons (Fsp3) is 0.222. The third kappa shape index (κ3) is 4.12. The fourth-order valence-electron chi connectivity index (χ4n) is 4.39. The summed E-state index contributed by atoms with van der Waals surface area (Å²) < 4.78 is 18.2. The van der Waals surface area contributed by atoms with Crippen molar-refractivity contribution in [3.63, 3.8) is 0 Å². The molecule has 0 spiro atoms. The van der Waals surface area contributed by atoms with Crippen LogP contribution in [0.2, 0.25) is 0 Å². The Labute approximate surface area is 197 Å². The van der Waals surface area contributed by atoms with Gasteiger partial charge in [0.05, 0.1) is 37.5 Å². The molecule has 1 aliphatic rings. The first-order valence-corrected chi connectivity index (χ1v) is 11.2. The molecule has 34 heavy (non-hydrogen) atoms. The molecule has 0 atom stereocenters. The van der Waals surface area contributed by atoms with Crippen LogP contribution in [0, 0.1) is 0 Å². The molecule has 4 aromatic rings. The Balaban J connectivity index is 1.50. The molecule has 0 amide bonds. The number of ether oxygens (including phenoxy) is 3. The second-order valence-corrected chi connectivity index (χ2v) is 8.02. The lowest BCUT2D eigenvalue weighted by atomic mass is 10.0. The first-order valence-electron chi connectivity index (χ1n) is 11.2. The van der Waals surface area contributed by atoms with Crippen LogP contribution in [0.5, 0.6) is 11.5 Å². The van der Waals surface area contributed by atoms with E-state index < -0.39 is 0 Å². The van der Waals surface area contributed by atoms with E-state index in [0.717, 1.165) is 46.1 Å². The lowest BCUT2D eigenvalue weighted by Crippen LogP contribution is -2.14. The third-order valence-corrected chi connectivity index (χ3v) is 6.01. The van der Waals surface area contributed by atoms with Gasteiger partial charge in [0.1, 0.15) is 6.61 Å². The molecule has 0 N–H and O–H groups in total. The van der Waals surface area contributed by atoms with Crippen LogP contribution in [-0.4, -0.2) is 41.6 Å². The SMILES string of the molecule is COc1ccc(/C=C2/CCc3c2nc2ccccc2c3C(=O)OCCn2cccn2)cc1OC. The molecule has 0 aliphatic heterocycles. The van der Waals surface area contributed by atoms with Crippen molar-refractivity contribution in [1.82, 2.24) is 14.8 Å². The lowest BCUT2D eigenvalue weighted by molar-refractivity contribution is 0.0489. The number of esters is 1. The summed E-state index contributed by atoms with van der Waals surface area (Å²) in [6.45, 7) is 0.759. The molecule has 0 radical (unpaired) electrons. The number of fused-ring (bicyclic) bond motifs is 2. The predicted molar refractivity (Wildman–Crippen MR) is 130 cm³/mol. The van der Waals surface area contributed by atoms with Crippen molar-refractivity contribution in [1.29, 1.82) is 0 Å². The number of rotatable bonds is 7. The van der Waals surface area contributed by atoms with Crippen LogP contribution in [0.15, 0.2) is 60.9 Å². The van der Waals surface area contributed by atoms with Crippen LogP contribution >= 0.6 is 0 Å². The number of nitrogens with zero attached hydrogens (tertiary/aromatic N) is 3. The van der Waals surface area contributed by atoms with Gasteiger partial charge >= 0.3 is 5.97 Å². The summed E-state index contributed by atoms with van der Waals surface area (Å²) in [5.41, 5.74) is 5.25. The van der Waals surface area contributed by atoms with E-state index in [-0.39, 0.29) is 12.6 Å². The molecule has 2 aromatic carbocycles. The minimum absolute atomic E-state index is 0.250. The first-order chi connectivity index (χ1) is 16.7. The molecule has 0 bridgehead atoms. The normalized spacial score (nSPS) is 13.8. The lowest BCUT2D eigenvalue weighted by Gasteiger charge is -2.12. The van der Waals surface area contributed by atoms with Crippen molar-refractivity contribution in [3.8, 4) is 11.5 Å². The van der Waals surface area contributed by atoms with Gasteiger partial charge in [-0.25, -0.2) is 9.78 Å². The molecule has 7 heteroatoms. The maximum absolute atomic E-state index is 13.2. The topological polar surface area (TPSA) is 75.5 Å². The van der Waals surface area contributed by atoms with Gasteiger partial charge in [-0.05, 0) is 59.9 Å². The van der Waals surface area contributed by atoms with E-state index in [0.29, 0.717) is 23.6 Å². The van der Waals surface area contributed by atoms with E-state index >= 15 is 0 Å². The minimum atomic E-state index is -0.325. The van der Waals surface area contributed by atoms with Crippen molar-refractivity contribution < 1.29 is 19.0 Å². The van der Waals surface area contributed by atoms with E-state index in [4.69, 9.17) is 19.2 Å². The quantitative estimate of drug-likeness (QED) is 0.373. The molecular weight excluding hydrogens is 430 g/mol. The number of hydrogen-bond acceptors (Lipinski definition) is 6. The van der Waals surface area contributed by atoms with E-state index in [1.54, 1.807) is 25.1 Å². The van der Waals surface area contributed by atoms with E-state index in [1.807, 2.05) is 54.7 Å². The predicted octanol–water partition coefficient (Wildman–Crippen LogP) is 4.79. The number of methoxy groups -OCH3 is 2. The number of aromatic nitrogens is 3.